The van der Waals surface area contributed by atoms with Crippen LogP contribution in [0.2, 0.25) is 0 Å². The number of piperidine rings is 1. The summed E-state index contributed by atoms with van der Waals surface area (Å²) in [4.78, 5) is 59.2. The largest absolute Gasteiger partial charge is 0.471 e. The number of rotatable bonds is 8. The van der Waals surface area contributed by atoms with E-state index in [9.17, 15) is 37.1 Å². The molecule has 0 aromatic heterocycles. The van der Waals surface area contributed by atoms with Crippen LogP contribution in [0.1, 0.15) is 59.3 Å². The first-order valence-electron chi connectivity index (χ1n) is 13.5. The van der Waals surface area contributed by atoms with Crippen molar-refractivity contribution in [2.24, 2.45) is 28.6 Å². The third kappa shape index (κ3) is 6.01. The SMILES string of the molecule is CC1(C(NC(=O)C(F)(F)F)C(=O)N2CC3C(C2)C3(C)C)CC1.CNC(=O)C(CC1CC2(CC2)NC1=O)NC=O. The van der Waals surface area contributed by atoms with Crippen LogP contribution < -0.4 is 21.3 Å². The number of nitrogens with zero attached hydrogens (tertiary/aromatic N) is 1. The van der Waals surface area contributed by atoms with Gasteiger partial charge in [0.25, 0.3) is 0 Å². The summed E-state index contributed by atoms with van der Waals surface area (Å²) in [6.45, 7) is 7.23. The number of likely N-dealkylation sites (tertiary alicyclic amines) is 1. The summed E-state index contributed by atoms with van der Waals surface area (Å²) < 4.78 is 37.5. The van der Waals surface area contributed by atoms with E-state index in [0.717, 1.165) is 19.3 Å². The molecule has 0 bridgehead atoms. The van der Waals surface area contributed by atoms with Crippen molar-refractivity contribution in [3.63, 3.8) is 0 Å². The molecule has 0 aromatic carbocycles. The van der Waals surface area contributed by atoms with E-state index in [2.05, 4.69) is 29.8 Å². The maximum atomic E-state index is 12.6. The van der Waals surface area contributed by atoms with Gasteiger partial charge in [-0.25, -0.2) is 0 Å². The highest BCUT2D eigenvalue weighted by Gasteiger charge is 2.64. The second-order valence-corrected chi connectivity index (χ2v) is 12.7. The molecular weight excluding hydrogens is 519 g/mol. The zero-order valence-electron chi connectivity index (χ0n) is 22.7. The summed E-state index contributed by atoms with van der Waals surface area (Å²) in [5.41, 5.74) is -0.304. The quantitative estimate of drug-likeness (QED) is 0.328. The van der Waals surface area contributed by atoms with Crippen molar-refractivity contribution in [3.05, 3.63) is 0 Å². The van der Waals surface area contributed by atoms with Gasteiger partial charge in [0.2, 0.25) is 24.1 Å². The number of alkyl halides is 3. The molecular formula is C26H38F3N5O5. The van der Waals surface area contributed by atoms with Gasteiger partial charge in [0, 0.05) is 31.6 Å². The number of hydrogen-bond donors (Lipinski definition) is 4. The van der Waals surface area contributed by atoms with Gasteiger partial charge in [-0.05, 0) is 61.2 Å². The molecule has 1 spiro atoms. The molecule has 2 heterocycles. The Morgan fingerprint density at radius 3 is 2.13 bits per heavy atom. The summed E-state index contributed by atoms with van der Waals surface area (Å²) in [6.07, 6.45) is 0.0634. The third-order valence-electron chi connectivity index (χ3n) is 9.55. The normalized spacial score (nSPS) is 29.6. The standard InChI is InChI=1S/C15H21F3N2O2.C11H17N3O3/c1-13(2)8-6-20(7-9(8)13)11(21)10(14(3)4-5-14)19-12(22)15(16,17)18;1-12-10(17)8(13-6-15)4-7-5-11(2-3-11)14-9(7)16/h8-10H,4-7H2,1-3H3,(H,19,22);6-8H,2-5H2,1H3,(H,12,17)(H,13,15)(H,14,16). The number of amides is 5. The second-order valence-electron chi connectivity index (χ2n) is 12.7. The topological polar surface area (TPSA) is 137 Å². The van der Waals surface area contributed by atoms with Crippen LogP contribution in [0, 0.1) is 28.6 Å². The fourth-order valence-corrected chi connectivity index (χ4v) is 6.17. The first kappa shape index (κ1) is 29.1. The van der Waals surface area contributed by atoms with Crippen LogP contribution in [0.3, 0.4) is 0 Å². The molecule has 218 valence electrons. The number of fused-ring (bicyclic) bond motifs is 1. The second kappa shape index (κ2) is 9.96. The van der Waals surface area contributed by atoms with Crippen LogP contribution in [0.15, 0.2) is 0 Å². The van der Waals surface area contributed by atoms with E-state index in [-0.39, 0.29) is 34.6 Å². The van der Waals surface area contributed by atoms with Crippen LogP contribution in [0.5, 0.6) is 0 Å². The minimum Gasteiger partial charge on any atom is -0.357 e. The van der Waals surface area contributed by atoms with E-state index in [4.69, 9.17) is 0 Å². The van der Waals surface area contributed by atoms with E-state index in [0.29, 0.717) is 50.6 Å². The molecule has 0 radical (unpaired) electrons. The Morgan fingerprint density at radius 2 is 1.69 bits per heavy atom. The molecule has 13 heteroatoms. The van der Waals surface area contributed by atoms with E-state index < -0.39 is 29.6 Å². The van der Waals surface area contributed by atoms with Gasteiger partial charge >= 0.3 is 12.1 Å². The predicted octanol–water partition coefficient (Wildman–Crippen LogP) is 0.854. The predicted molar refractivity (Wildman–Crippen MR) is 133 cm³/mol. The maximum Gasteiger partial charge on any atom is 0.471 e. The van der Waals surface area contributed by atoms with Gasteiger partial charge in [0.1, 0.15) is 12.1 Å². The Kier molecular flexibility index (Phi) is 7.44. The molecule has 5 amide bonds. The molecule has 2 aliphatic heterocycles. The monoisotopic (exact) mass is 557 g/mol. The van der Waals surface area contributed by atoms with Crippen molar-refractivity contribution in [2.45, 2.75) is 83.1 Å². The molecule has 5 fully saturated rings. The number of carbonyl (C=O) groups excluding carboxylic acids is 5. The van der Waals surface area contributed by atoms with E-state index in [1.54, 1.807) is 11.8 Å². The molecule has 5 aliphatic rings. The Labute approximate surface area is 225 Å². The summed E-state index contributed by atoms with van der Waals surface area (Å²) in [7, 11) is 1.51. The van der Waals surface area contributed by atoms with E-state index in [1.807, 2.05) is 5.32 Å². The minimum absolute atomic E-state index is 0.00380. The first-order chi connectivity index (χ1) is 18.1. The van der Waals surface area contributed by atoms with E-state index >= 15 is 0 Å². The Bertz CT molecular complexity index is 1030. The lowest BCUT2D eigenvalue weighted by atomic mass is 9.95. The lowest BCUT2D eigenvalue weighted by molar-refractivity contribution is -0.175. The highest BCUT2D eigenvalue weighted by molar-refractivity contribution is 5.91. The van der Waals surface area contributed by atoms with Crippen molar-refractivity contribution in [2.75, 3.05) is 20.1 Å². The van der Waals surface area contributed by atoms with Crippen LogP contribution >= 0.6 is 0 Å². The van der Waals surface area contributed by atoms with Crippen molar-refractivity contribution in [3.8, 4) is 0 Å². The van der Waals surface area contributed by atoms with Crippen LogP contribution in [0.25, 0.3) is 0 Å². The Balaban J connectivity index is 0.000000187. The van der Waals surface area contributed by atoms with Crippen molar-refractivity contribution in [1.29, 1.82) is 0 Å². The van der Waals surface area contributed by atoms with Gasteiger partial charge in [-0.3, -0.25) is 24.0 Å². The van der Waals surface area contributed by atoms with Crippen molar-refractivity contribution >= 4 is 30.0 Å². The average molecular weight is 558 g/mol. The molecule has 3 saturated carbocycles. The maximum absolute atomic E-state index is 12.6. The summed E-state index contributed by atoms with van der Waals surface area (Å²) in [5, 5.41) is 9.84. The van der Waals surface area contributed by atoms with Gasteiger partial charge in [-0.15, -0.1) is 0 Å². The molecule has 5 rings (SSSR count). The van der Waals surface area contributed by atoms with E-state index in [1.165, 1.54) is 7.05 Å². The molecule has 5 atom stereocenters. The first-order valence-corrected chi connectivity index (χ1v) is 13.5. The number of nitrogens with one attached hydrogen (secondary N) is 4. The highest BCUT2D eigenvalue weighted by atomic mass is 19.4. The summed E-state index contributed by atoms with van der Waals surface area (Å²) in [5.74, 6) is -1.95. The van der Waals surface area contributed by atoms with Gasteiger partial charge in [0.05, 0.1) is 0 Å². The molecule has 3 aliphatic carbocycles. The molecule has 5 unspecified atom stereocenters. The number of halogens is 3. The molecule has 39 heavy (non-hydrogen) atoms. The third-order valence-corrected chi connectivity index (χ3v) is 9.55. The van der Waals surface area contributed by atoms with Crippen LogP contribution in [-0.2, 0) is 24.0 Å². The number of likely N-dealkylation sites (N-methyl/N-ethyl adjacent to an activating group) is 1. The summed E-state index contributed by atoms with van der Waals surface area (Å²) >= 11 is 0. The average Bonchev–Trinajstić information content (AvgIpc) is 3.78. The summed E-state index contributed by atoms with van der Waals surface area (Å²) in [6, 6.07) is -1.69. The fourth-order valence-electron chi connectivity index (χ4n) is 6.17. The zero-order chi connectivity index (χ0) is 29.0. The van der Waals surface area contributed by atoms with Crippen molar-refractivity contribution < 1.29 is 37.1 Å². The lowest BCUT2D eigenvalue weighted by Gasteiger charge is -2.30. The fraction of sp³-hybridized carbons (Fsp3) is 0.808. The lowest BCUT2D eigenvalue weighted by Crippen LogP contribution is -2.55. The number of hydrogen-bond acceptors (Lipinski definition) is 5. The van der Waals surface area contributed by atoms with Gasteiger partial charge in [-0.1, -0.05) is 20.8 Å². The number of carbonyl (C=O) groups is 5. The van der Waals surface area contributed by atoms with Gasteiger partial charge in [-0.2, -0.15) is 13.2 Å². The smallest absolute Gasteiger partial charge is 0.357 e. The molecule has 10 nitrogen and oxygen atoms in total. The Morgan fingerprint density at radius 1 is 1.10 bits per heavy atom. The molecule has 2 saturated heterocycles. The van der Waals surface area contributed by atoms with Crippen LogP contribution in [-0.4, -0.2) is 78.9 Å². The van der Waals surface area contributed by atoms with Crippen LogP contribution in [0.4, 0.5) is 13.2 Å². The minimum atomic E-state index is -4.96. The molecule has 0 aromatic rings. The van der Waals surface area contributed by atoms with Gasteiger partial charge < -0.3 is 26.2 Å². The Hall–Kier alpha value is -2.86. The van der Waals surface area contributed by atoms with Gasteiger partial charge in [0.15, 0.2) is 0 Å². The zero-order valence-corrected chi connectivity index (χ0v) is 22.7. The molecule has 4 N–H and O–H groups in total. The van der Waals surface area contributed by atoms with Crippen molar-refractivity contribution in [1.82, 2.24) is 26.2 Å². The highest BCUT2D eigenvalue weighted by Crippen LogP contribution is 2.62.